The van der Waals surface area contributed by atoms with Gasteiger partial charge in [-0.1, -0.05) is 32.0 Å². The normalized spacial score (nSPS) is 12.2. The zero-order chi connectivity index (χ0) is 20.2. The molecule has 1 amide bonds. The lowest BCUT2D eigenvalue weighted by atomic mass is 10.0. The van der Waals surface area contributed by atoms with E-state index in [0.29, 0.717) is 17.7 Å². The van der Waals surface area contributed by atoms with Gasteiger partial charge < -0.3 is 5.32 Å². The minimum Gasteiger partial charge on any atom is -0.325 e. The second kappa shape index (κ2) is 8.10. The van der Waals surface area contributed by atoms with Crippen LogP contribution in [0, 0.1) is 0 Å². The summed E-state index contributed by atoms with van der Waals surface area (Å²) >= 11 is 0. The van der Waals surface area contributed by atoms with Crippen LogP contribution in [0.1, 0.15) is 30.9 Å². The van der Waals surface area contributed by atoms with Gasteiger partial charge in [-0.05, 0) is 41.8 Å². The fourth-order valence-electron chi connectivity index (χ4n) is 2.24. The van der Waals surface area contributed by atoms with Crippen molar-refractivity contribution < 1.29 is 26.4 Å². The quantitative estimate of drug-likeness (QED) is 0.776. The molecule has 9 heteroatoms. The van der Waals surface area contributed by atoms with Crippen LogP contribution in [0.15, 0.2) is 53.4 Å². The van der Waals surface area contributed by atoms with Crippen LogP contribution in [-0.4, -0.2) is 20.9 Å². The van der Waals surface area contributed by atoms with Crippen LogP contribution in [0.3, 0.4) is 0 Å². The Balaban J connectivity index is 2.01. The summed E-state index contributed by atoms with van der Waals surface area (Å²) in [5, 5.41) is 2.52. The number of carbonyl (C=O) groups excluding carboxylic acids is 1. The molecule has 27 heavy (non-hydrogen) atoms. The summed E-state index contributed by atoms with van der Waals surface area (Å²) in [6, 6.07) is 10.4. The molecule has 0 saturated heterocycles. The zero-order valence-corrected chi connectivity index (χ0v) is 15.5. The van der Waals surface area contributed by atoms with Gasteiger partial charge in [0.2, 0.25) is 15.9 Å². The number of sulfonamides is 1. The average Bonchev–Trinajstić information content (AvgIpc) is 2.60. The number of carbonyl (C=O) groups is 1. The molecule has 0 aliphatic carbocycles. The molecule has 0 saturated carbocycles. The topological polar surface area (TPSA) is 75.3 Å². The molecule has 0 unspecified atom stereocenters. The first-order chi connectivity index (χ1) is 12.5. The van der Waals surface area contributed by atoms with Crippen molar-refractivity contribution in [3.05, 3.63) is 59.7 Å². The molecule has 0 aliphatic heterocycles. The summed E-state index contributed by atoms with van der Waals surface area (Å²) in [6.45, 7) is 3.44. The van der Waals surface area contributed by atoms with Gasteiger partial charge in [0.15, 0.2) is 0 Å². The molecule has 0 spiro atoms. The molecule has 2 rings (SSSR count). The molecule has 0 heterocycles. The van der Waals surface area contributed by atoms with E-state index in [4.69, 9.17) is 0 Å². The average molecular weight is 400 g/mol. The number of benzene rings is 2. The lowest BCUT2D eigenvalue weighted by molar-refractivity contribution is -0.137. The van der Waals surface area contributed by atoms with Gasteiger partial charge in [0, 0.05) is 5.69 Å². The van der Waals surface area contributed by atoms with Gasteiger partial charge in [-0.25, -0.2) is 13.1 Å². The van der Waals surface area contributed by atoms with Crippen LogP contribution in [0.25, 0.3) is 0 Å². The molecule has 146 valence electrons. The van der Waals surface area contributed by atoms with Gasteiger partial charge in [-0.2, -0.15) is 13.2 Å². The summed E-state index contributed by atoms with van der Waals surface area (Å²) in [6.07, 6.45) is -4.66. The van der Waals surface area contributed by atoms with E-state index in [-0.39, 0.29) is 0 Å². The minimum atomic E-state index is -4.66. The fraction of sp³-hybridized carbons (Fsp3) is 0.278. The first-order valence-electron chi connectivity index (χ1n) is 8.06. The number of anilines is 1. The maximum absolute atomic E-state index is 12.7. The van der Waals surface area contributed by atoms with Crippen molar-refractivity contribution in [3.63, 3.8) is 0 Å². The van der Waals surface area contributed by atoms with Crippen LogP contribution in [0.4, 0.5) is 18.9 Å². The third-order valence-electron chi connectivity index (χ3n) is 3.76. The summed E-state index contributed by atoms with van der Waals surface area (Å²) < 4.78 is 64.4. The van der Waals surface area contributed by atoms with Gasteiger partial charge in [-0.15, -0.1) is 0 Å². The Morgan fingerprint density at radius 2 is 1.70 bits per heavy atom. The molecule has 2 N–H and O–H groups in total. The Labute approximate surface area is 155 Å². The Kier molecular flexibility index (Phi) is 6.27. The van der Waals surface area contributed by atoms with E-state index in [1.165, 1.54) is 0 Å². The highest BCUT2D eigenvalue weighted by molar-refractivity contribution is 7.89. The van der Waals surface area contributed by atoms with Gasteiger partial charge in [0.1, 0.15) is 0 Å². The minimum absolute atomic E-state index is 0.328. The molecular weight excluding hydrogens is 381 g/mol. The second-order valence-corrected chi connectivity index (χ2v) is 7.94. The van der Waals surface area contributed by atoms with Gasteiger partial charge in [0.25, 0.3) is 0 Å². The first kappa shape index (κ1) is 20.9. The largest absolute Gasteiger partial charge is 0.416 e. The maximum Gasteiger partial charge on any atom is 0.416 e. The van der Waals surface area contributed by atoms with Crippen molar-refractivity contribution in [3.8, 4) is 0 Å². The Morgan fingerprint density at radius 1 is 1.07 bits per heavy atom. The second-order valence-electron chi connectivity index (χ2n) is 6.18. The highest BCUT2D eigenvalue weighted by Crippen LogP contribution is 2.30. The lowest BCUT2D eigenvalue weighted by Gasteiger charge is -2.11. The number of nitrogens with one attached hydrogen (secondary N) is 2. The van der Waals surface area contributed by atoms with Crippen molar-refractivity contribution in [1.82, 2.24) is 4.72 Å². The standard InChI is InChI=1S/C18H19F3N2O3S/c1-12(2)13-6-8-15(9-7-13)23-17(24)11-22-27(25,26)16-5-3-4-14(10-16)18(19,20)21/h3-10,12,22H,11H2,1-2H3,(H,23,24). The van der Waals surface area contributed by atoms with Crippen LogP contribution >= 0.6 is 0 Å². The molecule has 2 aromatic carbocycles. The maximum atomic E-state index is 12.7. The van der Waals surface area contributed by atoms with Gasteiger partial charge >= 0.3 is 6.18 Å². The Hall–Kier alpha value is -2.39. The van der Waals surface area contributed by atoms with Crippen LogP contribution < -0.4 is 10.0 Å². The molecular formula is C18H19F3N2O3S. The zero-order valence-electron chi connectivity index (χ0n) is 14.7. The van der Waals surface area contributed by atoms with Crippen molar-refractivity contribution in [2.24, 2.45) is 0 Å². The summed E-state index contributed by atoms with van der Waals surface area (Å²) in [4.78, 5) is 11.4. The highest BCUT2D eigenvalue weighted by Gasteiger charge is 2.31. The monoisotopic (exact) mass is 400 g/mol. The van der Waals surface area contributed by atoms with Crippen molar-refractivity contribution in [2.45, 2.75) is 30.8 Å². The molecule has 5 nitrogen and oxygen atoms in total. The smallest absolute Gasteiger partial charge is 0.325 e. The summed E-state index contributed by atoms with van der Waals surface area (Å²) in [7, 11) is -4.26. The van der Waals surface area contributed by atoms with E-state index >= 15 is 0 Å². The fourth-order valence-corrected chi connectivity index (χ4v) is 3.27. The first-order valence-corrected chi connectivity index (χ1v) is 9.54. The molecule has 0 fully saturated rings. The van der Waals surface area contributed by atoms with Crippen molar-refractivity contribution >= 4 is 21.6 Å². The lowest BCUT2D eigenvalue weighted by Crippen LogP contribution is -2.33. The number of rotatable bonds is 6. The molecule has 2 aromatic rings. The number of hydrogen-bond acceptors (Lipinski definition) is 3. The highest BCUT2D eigenvalue weighted by atomic mass is 32.2. The van der Waals surface area contributed by atoms with E-state index < -0.39 is 39.1 Å². The summed E-state index contributed by atoms with van der Waals surface area (Å²) in [5.74, 6) is -0.308. The van der Waals surface area contributed by atoms with Crippen LogP contribution in [-0.2, 0) is 21.0 Å². The van der Waals surface area contributed by atoms with Crippen LogP contribution in [0.2, 0.25) is 0 Å². The molecule has 0 radical (unpaired) electrons. The van der Waals surface area contributed by atoms with Gasteiger partial charge in [-0.3, -0.25) is 4.79 Å². The number of hydrogen-bond donors (Lipinski definition) is 2. The molecule has 0 aromatic heterocycles. The SMILES string of the molecule is CC(C)c1ccc(NC(=O)CNS(=O)(=O)c2cccc(C(F)(F)F)c2)cc1. The van der Waals surface area contributed by atoms with Gasteiger partial charge in [0.05, 0.1) is 17.0 Å². The Bertz CT molecular complexity index is 908. The van der Waals surface area contributed by atoms with E-state index in [1.807, 2.05) is 30.7 Å². The number of halogens is 3. The third-order valence-corrected chi connectivity index (χ3v) is 5.15. The van der Waals surface area contributed by atoms with Crippen molar-refractivity contribution in [2.75, 3.05) is 11.9 Å². The summed E-state index contributed by atoms with van der Waals surface area (Å²) in [5.41, 5.74) is 0.487. The molecule has 0 atom stereocenters. The molecule has 0 aliphatic rings. The van der Waals surface area contributed by atoms with E-state index in [2.05, 4.69) is 5.32 Å². The predicted molar refractivity (Wildman–Crippen MR) is 95.8 cm³/mol. The van der Waals surface area contributed by atoms with E-state index in [1.54, 1.807) is 12.1 Å². The van der Waals surface area contributed by atoms with E-state index in [9.17, 15) is 26.4 Å². The number of amides is 1. The molecule has 0 bridgehead atoms. The Morgan fingerprint density at radius 3 is 2.26 bits per heavy atom. The van der Waals surface area contributed by atoms with E-state index in [0.717, 1.165) is 23.8 Å². The van der Waals surface area contributed by atoms with Crippen LogP contribution in [0.5, 0.6) is 0 Å². The number of alkyl halides is 3. The predicted octanol–water partition coefficient (Wildman–Crippen LogP) is 3.75. The third kappa shape index (κ3) is 5.80. The van der Waals surface area contributed by atoms with Crippen molar-refractivity contribution in [1.29, 1.82) is 0 Å².